The van der Waals surface area contributed by atoms with Gasteiger partial charge in [-0.05, 0) is 36.1 Å². The summed E-state index contributed by atoms with van der Waals surface area (Å²) < 4.78 is 0. The number of amides is 2. The second-order valence-corrected chi connectivity index (χ2v) is 8.86. The van der Waals surface area contributed by atoms with Gasteiger partial charge in [0.05, 0.1) is 5.75 Å². The highest BCUT2D eigenvalue weighted by atomic mass is 35.5. The SMILES string of the molecule is CC(C)CNC(=O)[C@@H](C)N(Cc1ccccc1)C(=O)CSCc1ccc(Cl)cc1. The van der Waals surface area contributed by atoms with Gasteiger partial charge in [0, 0.05) is 23.9 Å². The molecule has 0 bridgehead atoms. The van der Waals surface area contributed by atoms with Crippen molar-refractivity contribution in [3.8, 4) is 0 Å². The number of rotatable bonds is 10. The summed E-state index contributed by atoms with van der Waals surface area (Å²) in [6.07, 6.45) is 0. The van der Waals surface area contributed by atoms with Crippen LogP contribution in [0, 0.1) is 5.92 Å². The molecular formula is C23H29ClN2O2S. The third-order valence-corrected chi connectivity index (χ3v) is 5.70. The van der Waals surface area contributed by atoms with Gasteiger partial charge in [0.2, 0.25) is 11.8 Å². The Labute approximate surface area is 183 Å². The fourth-order valence-electron chi connectivity index (χ4n) is 2.73. The molecule has 1 N–H and O–H groups in total. The molecule has 0 fully saturated rings. The van der Waals surface area contributed by atoms with E-state index in [-0.39, 0.29) is 11.8 Å². The lowest BCUT2D eigenvalue weighted by atomic mass is 10.1. The average Bonchev–Trinajstić information content (AvgIpc) is 2.71. The molecule has 0 aliphatic rings. The maximum Gasteiger partial charge on any atom is 0.242 e. The maximum absolute atomic E-state index is 13.0. The molecule has 0 aliphatic carbocycles. The molecule has 4 nitrogen and oxygen atoms in total. The zero-order valence-electron chi connectivity index (χ0n) is 17.2. The van der Waals surface area contributed by atoms with Gasteiger partial charge < -0.3 is 10.2 Å². The second kappa shape index (κ2) is 11.9. The predicted molar refractivity (Wildman–Crippen MR) is 122 cm³/mol. The lowest BCUT2D eigenvalue weighted by Gasteiger charge is -2.29. The standard InChI is InChI=1S/C23H29ClN2O2S/c1-17(2)13-25-23(28)18(3)26(14-19-7-5-4-6-8-19)22(27)16-29-15-20-9-11-21(24)12-10-20/h4-12,17-18H,13-16H2,1-3H3,(H,25,28)/t18-/m1/s1. The molecule has 0 aromatic heterocycles. The van der Waals surface area contributed by atoms with Crippen LogP contribution in [-0.4, -0.2) is 35.1 Å². The number of nitrogens with one attached hydrogen (secondary N) is 1. The van der Waals surface area contributed by atoms with Gasteiger partial charge in [-0.3, -0.25) is 9.59 Å². The minimum absolute atomic E-state index is 0.0417. The van der Waals surface area contributed by atoms with Gasteiger partial charge in [-0.2, -0.15) is 0 Å². The third kappa shape index (κ3) is 8.11. The first kappa shape index (κ1) is 23.3. The van der Waals surface area contributed by atoms with Crippen molar-refractivity contribution < 1.29 is 9.59 Å². The van der Waals surface area contributed by atoms with E-state index in [1.807, 2.05) is 68.4 Å². The van der Waals surface area contributed by atoms with Gasteiger partial charge in [0.25, 0.3) is 0 Å². The molecule has 0 aliphatic heterocycles. The zero-order valence-corrected chi connectivity index (χ0v) is 18.8. The Kier molecular flexibility index (Phi) is 9.55. The van der Waals surface area contributed by atoms with Crippen molar-refractivity contribution in [3.05, 3.63) is 70.7 Å². The summed E-state index contributed by atoms with van der Waals surface area (Å²) in [6.45, 7) is 6.90. The first-order valence-electron chi connectivity index (χ1n) is 9.80. The topological polar surface area (TPSA) is 49.4 Å². The first-order chi connectivity index (χ1) is 13.9. The molecule has 0 radical (unpaired) electrons. The van der Waals surface area contributed by atoms with Gasteiger partial charge in [0.15, 0.2) is 0 Å². The predicted octanol–water partition coefficient (Wildman–Crippen LogP) is 4.76. The van der Waals surface area contributed by atoms with Gasteiger partial charge in [-0.1, -0.05) is 67.9 Å². The lowest BCUT2D eigenvalue weighted by Crippen LogP contribution is -2.48. The molecule has 29 heavy (non-hydrogen) atoms. The number of hydrogen-bond donors (Lipinski definition) is 1. The Balaban J connectivity index is 2.01. The molecule has 6 heteroatoms. The van der Waals surface area contributed by atoms with Gasteiger partial charge >= 0.3 is 0 Å². The third-order valence-electron chi connectivity index (χ3n) is 4.46. The van der Waals surface area contributed by atoms with Crippen molar-refractivity contribution in [1.82, 2.24) is 10.2 Å². The quantitative estimate of drug-likeness (QED) is 0.588. The summed E-state index contributed by atoms with van der Waals surface area (Å²) >= 11 is 7.46. The first-order valence-corrected chi connectivity index (χ1v) is 11.3. The van der Waals surface area contributed by atoms with E-state index in [0.717, 1.165) is 16.9 Å². The Morgan fingerprint density at radius 1 is 1.00 bits per heavy atom. The van der Waals surface area contributed by atoms with E-state index in [0.29, 0.717) is 29.8 Å². The number of carbonyl (C=O) groups is 2. The van der Waals surface area contributed by atoms with Crippen molar-refractivity contribution in [3.63, 3.8) is 0 Å². The van der Waals surface area contributed by atoms with Crippen LogP contribution in [0.3, 0.4) is 0 Å². The van der Waals surface area contributed by atoms with Crippen LogP contribution in [-0.2, 0) is 21.9 Å². The summed E-state index contributed by atoms with van der Waals surface area (Å²) in [6, 6.07) is 16.9. The van der Waals surface area contributed by atoms with Crippen LogP contribution in [0.2, 0.25) is 5.02 Å². The van der Waals surface area contributed by atoms with Gasteiger partial charge in [0.1, 0.15) is 6.04 Å². The Morgan fingerprint density at radius 3 is 2.28 bits per heavy atom. The Hall–Kier alpha value is -1.98. The van der Waals surface area contributed by atoms with Crippen molar-refractivity contribution in [2.45, 2.75) is 39.1 Å². The summed E-state index contributed by atoms with van der Waals surface area (Å²) in [5.41, 5.74) is 2.12. The van der Waals surface area contributed by atoms with Crippen LogP contribution in [0.15, 0.2) is 54.6 Å². The second-order valence-electron chi connectivity index (χ2n) is 7.44. The van der Waals surface area contributed by atoms with Crippen LogP contribution in [0.5, 0.6) is 0 Å². The molecule has 0 spiro atoms. The Morgan fingerprint density at radius 2 is 1.66 bits per heavy atom. The van der Waals surface area contributed by atoms with Crippen LogP contribution >= 0.6 is 23.4 Å². The lowest BCUT2D eigenvalue weighted by molar-refractivity contribution is -0.138. The van der Waals surface area contributed by atoms with Crippen LogP contribution < -0.4 is 5.32 Å². The van der Waals surface area contributed by atoms with E-state index in [1.54, 1.807) is 23.6 Å². The van der Waals surface area contributed by atoms with Crippen LogP contribution in [0.4, 0.5) is 0 Å². The molecule has 2 aromatic rings. The zero-order chi connectivity index (χ0) is 21.2. The molecule has 2 amide bonds. The van der Waals surface area contributed by atoms with Crippen LogP contribution in [0.1, 0.15) is 31.9 Å². The number of nitrogens with zero attached hydrogens (tertiary/aromatic N) is 1. The van der Waals surface area contributed by atoms with Crippen molar-refractivity contribution in [2.75, 3.05) is 12.3 Å². The normalized spacial score (nSPS) is 11.9. The molecule has 0 saturated heterocycles. The summed E-state index contributed by atoms with van der Waals surface area (Å²) in [5.74, 6) is 1.23. The minimum Gasteiger partial charge on any atom is -0.354 e. The average molecular weight is 433 g/mol. The van der Waals surface area contributed by atoms with Crippen molar-refractivity contribution in [1.29, 1.82) is 0 Å². The van der Waals surface area contributed by atoms with E-state index < -0.39 is 6.04 Å². The maximum atomic E-state index is 13.0. The van der Waals surface area contributed by atoms with Gasteiger partial charge in [-0.25, -0.2) is 0 Å². The van der Waals surface area contributed by atoms with E-state index in [1.165, 1.54) is 0 Å². The summed E-state index contributed by atoms with van der Waals surface area (Å²) in [7, 11) is 0. The molecule has 0 unspecified atom stereocenters. The number of carbonyl (C=O) groups excluding carboxylic acids is 2. The van der Waals surface area contributed by atoms with Gasteiger partial charge in [-0.15, -0.1) is 11.8 Å². The highest BCUT2D eigenvalue weighted by molar-refractivity contribution is 7.99. The highest BCUT2D eigenvalue weighted by Gasteiger charge is 2.26. The van der Waals surface area contributed by atoms with Crippen LogP contribution in [0.25, 0.3) is 0 Å². The van der Waals surface area contributed by atoms with Crippen molar-refractivity contribution in [2.24, 2.45) is 5.92 Å². The summed E-state index contributed by atoms with van der Waals surface area (Å²) in [5, 5.41) is 3.64. The minimum atomic E-state index is -0.530. The smallest absolute Gasteiger partial charge is 0.242 e. The molecule has 1 atom stereocenters. The molecular weight excluding hydrogens is 404 g/mol. The monoisotopic (exact) mass is 432 g/mol. The molecule has 2 aromatic carbocycles. The highest BCUT2D eigenvalue weighted by Crippen LogP contribution is 2.17. The summed E-state index contributed by atoms with van der Waals surface area (Å²) in [4.78, 5) is 27.2. The van der Waals surface area contributed by atoms with E-state index in [9.17, 15) is 9.59 Å². The van der Waals surface area contributed by atoms with E-state index >= 15 is 0 Å². The molecule has 2 rings (SSSR count). The number of halogens is 1. The van der Waals surface area contributed by atoms with E-state index in [2.05, 4.69) is 5.32 Å². The number of thioether (sulfide) groups is 1. The fourth-order valence-corrected chi connectivity index (χ4v) is 3.73. The molecule has 156 valence electrons. The number of benzene rings is 2. The van der Waals surface area contributed by atoms with E-state index in [4.69, 9.17) is 11.6 Å². The number of hydrogen-bond acceptors (Lipinski definition) is 3. The fraction of sp³-hybridized carbons (Fsp3) is 0.391. The largest absolute Gasteiger partial charge is 0.354 e. The van der Waals surface area contributed by atoms with Crippen molar-refractivity contribution >= 4 is 35.2 Å². The Bertz CT molecular complexity index is 781. The molecule has 0 heterocycles. The molecule has 0 saturated carbocycles.